The minimum absolute atomic E-state index is 0.00948. The molecule has 1 N–H and O–H groups in total. The molecule has 8 nitrogen and oxygen atoms in total. The van der Waals surface area contributed by atoms with Crippen LogP contribution in [0.25, 0.3) is 12.2 Å². The van der Waals surface area contributed by atoms with E-state index in [2.05, 4.69) is 15.5 Å². The molecule has 172 valence electrons. The fraction of sp³-hybridized carbons (Fsp3) is 0.280. The van der Waals surface area contributed by atoms with Crippen LogP contribution in [0.4, 0.5) is 4.79 Å². The van der Waals surface area contributed by atoms with Crippen LogP contribution in [0.15, 0.2) is 65.2 Å². The normalized spacial score (nSPS) is 12.8. The minimum atomic E-state index is -0.595. The zero-order chi connectivity index (χ0) is 23.5. The number of ether oxygens (including phenoxy) is 2. The number of rotatable bonds is 10. The molecule has 0 aliphatic rings. The lowest BCUT2D eigenvalue weighted by Gasteiger charge is -2.23. The molecule has 33 heavy (non-hydrogen) atoms. The summed E-state index contributed by atoms with van der Waals surface area (Å²) >= 11 is 0. The SMILES string of the molecule is CC(=O)OCC(NC(=O)OCc1ccccc1)C(C)Cc1noc(C=Cc2ccccc2)n1. The molecule has 8 heteroatoms. The lowest BCUT2D eigenvalue weighted by atomic mass is 9.98. The fourth-order valence-electron chi connectivity index (χ4n) is 3.05. The van der Waals surface area contributed by atoms with E-state index in [1.165, 1.54) is 6.92 Å². The summed E-state index contributed by atoms with van der Waals surface area (Å²) in [6, 6.07) is 18.7. The summed E-state index contributed by atoms with van der Waals surface area (Å²) in [6.45, 7) is 3.38. The van der Waals surface area contributed by atoms with Crippen LogP contribution in [0, 0.1) is 5.92 Å². The lowest BCUT2D eigenvalue weighted by molar-refractivity contribution is -0.142. The lowest BCUT2D eigenvalue weighted by Crippen LogP contribution is -2.44. The predicted molar refractivity (Wildman–Crippen MR) is 123 cm³/mol. The monoisotopic (exact) mass is 449 g/mol. The van der Waals surface area contributed by atoms with Gasteiger partial charge in [-0.2, -0.15) is 4.98 Å². The van der Waals surface area contributed by atoms with Crippen LogP contribution < -0.4 is 5.32 Å². The molecule has 0 spiro atoms. The number of nitrogens with one attached hydrogen (secondary N) is 1. The third-order valence-electron chi connectivity index (χ3n) is 4.88. The molecule has 0 aliphatic carbocycles. The zero-order valence-corrected chi connectivity index (χ0v) is 18.6. The standard InChI is InChI=1S/C25H27N3O5/c1-18(15-23-27-24(33-28-23)14-13-20-9-5-3-6-10-20)22(17-31-19(2)29)26-25(30)32-16-21-11-7-4-8-12-21/h3-14,18,22H,15-17H2,1-2H3,(H,26,30). The topological polar surface area (TPSA) is 104 Å². The molecule has 1 aromatic heterocycles. The highest BCUT2D eigenvalue weighted by atomic mass is 16.6. The van der Waals surface area contributed by atoms with E-state index in [0.29, 0.717) is 18.1 Å². The van der Waals surface area contributed by atoms with Gasteiger partial charge < -0.3 is 19.3 Å². The van der Waals surface area contributed by atoms with Crippen molar-refractivity contribution in [1.29, 1.82) is 0 Å². The van der Waals surface area contributed by atoms with Crippen molar-refractivity contribution in [1.82, 2.24) is 15.5 Å². The molecule has 1 heterocycles. The average Bonchev–Trinajstić information content (AvgIpc) is 3.27. The molecule has 3 rings (SSSR count). The number of nitrogens with zero attached hydrogens (tertiary/aromatic N) is 2. The van der Waals surface area contributed by atoms with Crippen molar-refractivity contribution >= 4 is 24.2 Å². The highest BCUT2D eigenvalue weighted by molar-refractivity contribution is 5.68. The second kappa shape index (κ2) is 12.2. The first-order valence-electron chi connectivity index (χ1n) is 10.7. The van der Waals surface area contributed by atoms with Gasteiger partial charge in [-0.15, -0.1) is 0 Å². The summed E-state index contributed by atoms with van der Waals surface area (Å²) in [5.74, 6) is 0.284. The summed E-state index contributed by atoms with van der Waals surface area (Å²) in [4.78, 5) is 28.0. The number of alkyl carbamates (subject to hydrolysis) is 1. The van der Waals surface area contributed by atoms with Crippen LogP contribution in [-0.2, 0) is 27.3 Å². The fourth-order valence-corrected chi connectivity index (χ4v) is 3.05. The Morgan fingerprint density at radius 3 is 2.42 bits per heavy atom. The molecule has 2 atom stereocenters. The highest BCUT2D eigenvalue weighted by Gasteiger charge is 2.24. The first-order chi connectivity index (χ1) is 16.0. The summed E-state index contributed by atoms with van der Waals surface area (Å²) < 4.78 is 15.7. The highest BCUT2D eigenvalue weighted by Crippen LogP contribution is 2.13. The van der Waals surface area contributed by atoms with Crippen LogP contribution in [0.2, 0.25) is 0 Å². The van der Waals surface area contributed by atoms with Crippen molar-refractivity contribution in [3.63, 3.8) is 0 Å². The van der Waals surface area contributed by atoms with Gasteiger partial charge in [0.25, 0.3) is 5.89 Å². The quantitative estimate of drug-likeness (QED) is 0.461. The molecule has 2 unspecified atom stereocenters. The molecule has 0 radical (unpaired) electrons. The Morgan fingerprint density at radius 1 is 1.03 bits per heavy atom. The van der Waals surface area contributed by atoms with Crippen molar-refractivity contribution in [2.45, 2.75) is 32.9 Å². The van der Waals surface area contributed by atoms with Crippen molar-refractivity contribution < 1.29 is 23.6 Å². The van der Waals surface area contributed by atoms with Crippen molar-refractivity contribution in [2.24, 2.45) is 5.92 Å². The van der Waals surface area contributed by atoms with Gasteiger partial charge in [-0.25, -0.2) is 4.79 Å². The summed E-state index contributed by atoms with van der Waals surface area (Å²) in [6.07, 6.45) is 3.44. The number of carbonyl (C=O) groups is 2. The van der Waals surface area contributed by atoms with Crippen molar-refractivity contribution in [3.05, 3.63) is 83.5 Å². The number of carbonyl (C=O) groups excluding carboxylic acids is 2. The average molecular weight is 450 g/mol. The molecule has 1 amide bonds. The van der Waals surface area contributed by atoms with Crippen molar-refractivity contribution in [2.75, 3.05) is 6.61 Å². The maximum absolute atomic E-state index is 12.3. The summed E-state index contributed by atoms with van der Waals surface area (Å²) in [7, 11) is 0. The Morgan fingerprint density at radius 2 is 1.73 bits per heavy atom. The van der Waals surface area contributed by atoms with Crippen LogP contribution in [0.1, 0.15) is 36.7 Å². The van der Waals surface area contributed by atoms with Crippen LogP contribution in [0.3, 0.4) is 0 Å². The number of esters is 1. The predicted octanol–water partition coefficient (Wildman–Crippen LogP) is 4.28. The Kier molecular flexibility index (Phi) is 8.76. The molecule has 0 saturated carbocycles. The molecule has 0 bridgehead atoms. The Labute approximate surface area is 192 Å². The van der Waals surface area contributed by atoms with Gasteiger partial charge in [-0.3, -0.25) is 4.79 Å². The number of hydrogen-bond acceptors (Lipinski definition) is 7. The number of hydrogen-bond donors (Lipinski definition) is 1. The number of benzene rings is 2. The van der Waals surface area contributed by atoms with Gasteiger partial charge >= 0.3 is 12.1 Å². The minimum Gasteiger partial charge on any atom is -0.464 e. The summed E-state index contributed by atoms with van der Waals surface area (Å²) in [5, 5.41) is 6.79. The molecule has 0 saturated heterocycles. The van der Waals surface area contributed by atoms with Gasteiger partial charge in [0.2, 0.25) is 0 Å². The van der Waals surface area contributed by atoms with Gasteiger partial charge in [-0.05, 0) is 23.1 Å². The van der Waals surface area contributed by atoms with Crippen molar-refractivity contribution in [3.8, 4) is 0 Å². The van der Waals surface area contributed by atoms with Gasteiger partial charge in [0.15, 0.2) is 5.82 Å². The molecular weight excluding hydrogens is 422 g/mol. The van der Waals surface area contributed by atoms with Gasteiger partial charge in [-0.1, -0.05) is 72.7 Å². The van der Waals surface area contributed by atoms with Gasteiger partial charge in [0, 0.05) is 19.4 Å². The van der Waals surface area contributed by atoms with Crippen LogP contribution >= 0.6 is 0 Å². The van der Waals surface area contributed by atoms with Gasteiger partial charge in [0.05, 0.1) is 6.04 Å². The molecular formula is C25H27N3O5. The summed E-state index contributed by atoms with van der Waals surface area (Å²) in [5.41, 5.74) is 1.89. The van der Waals surface area contributed by atoms with Crippen LogP contribution in [0.5, 0.6) is 0 Å². The smallest absolute Gasteiger partial charge is 0.407 e. The van der Waals surface area contributed by atoms with Gasteiger partial charge in [0.1, 0.15) is 13.2 Å². The Bertz CT molecular complexity index is 1050. The third-order valence-corrected chi connectivity index (χ3v) is 4.88. The molecule has 2 aromatic carbocycles. The molecule has 0 aliphatic heterocycles. The number of amides is 1. The van der Waals surface area contributed by atoms with E-state index in [9.17, 15) is 9.59 Å². The largest absolute Gasteiger partial charge is 0.464 e. The van der Waals surface area contributed by atoms with E-state index in [1.807, 2.05) is 73.7 Å². The van der Waals surface area contributed by atoms with E-state index in [0.717, 1.165) is 11.1 Å². The van der Waals surface area contributed by atoms with E-state index in [1.54, 1.807) is 6.08 Å². The second-order valence-corrected chi connectivity index (χ2v) is 7.59. The molecule has 3 aromatic rings. The van der Waals surface area contributed by atoms with E-state index in [-0.39, 0.29) is 19.1 Å². The first kappa shape index (κ1) is 23.7. The van der Waals surface area contributed by atoms with E-state index in [4.69, 9.17) is 14.0 Å². The molecule has 0 fully saturated rings. The Hall–Kier alpha value is -3.94. The van der Waals surface area contributed by atoms with E-state index < -0.39 is 18.1 Å². The van der Waals surface area contributed by atoms with E-state index >= 15 is 0 Å². The second-order valence-electron chi connectivity index (χ2n) is 7.59. The third kappa shape index (κ3) is 8.25. The Balaban J connectivity index is 1.57. The maximum Gasteiger partial charge on any atom is 0.407 e. The van der Waals surface area contributed by atoms with Crippen LogP contribution in [-0.4, -0.2) is 34.9 Å². The number of aromatic nitrogens is 2. The zero-order valence-electron chi connectivity index (χ0n) is 18.6. The first-order valence-corrected chi connectivity index (χ1v) is 10.7. The maximum atomic E-state index is 12.3.